The number of thiophene rings is 1. The topological polar surface area (TPSA) is 91.2 Å². The van der Waals surface area contributed by atoms with Gasteiger partial charge in [-0.1, -0.05) is 0 Å². The number of amides is 2. The molecule has 4 bridgehead atoms. The van der Waals surface area contributed by atoms with Gasteiger partial charge in [0.2, 0.25) is 5.91 Å². The van der Waals surface area contributed by atoms with E-state index in [9.17, 15) is 9.59 Å². The van der Waals surface area contributed by atoms with Gasteiger partial charge < -0.3 is 15.4 Å². The van der Waals surface area contributed by atoms with Crippen molar-refractivity contribution >= 4 is 28.2 Å². The average molecular weight is 385 g/mol. The van der Waals surface area contributed by atoms with Crippen LogP contribution >= 0.6 is 11.3 Å². The summed E-state index contributed by atoms with van der Waals surface area (Å²) in [6.07, 6.45) is 6.34. The molecular weight excluding hydrogens is 362 g/mol. The highest BCUT2D eigenvalue weighted by atomic mass is 32.1. The van der Waals surface area contributed by atoms with Crippen LogP contribution in [0.3, 0.4) is 0 Å². The summed E-state index contributed by atoms with van der Waals surface area (Å²) in [4.78, 5) is 27.1. The number of nitrogens with one attached hydrogen (secondary N) is 2. The van der Waals surface area contributed by atoms with Gasteiger partial charge >= 0.3 is 0 Å². The Labute approximate surface area is 162 Å². The van der Waals surface area contributed by atoms with E-state index in [1.54, 1.807) is 0 Å². The van der Waals surface area contributed by atoms with Crippen molar-refractivity contribution in [3.63, 3.8) is 0 Å². The van der Waals surface area contributed by atoms with Crippen LogP contribution in [0.1, 0.15) is 52.9 Å². The Morgan fingerprint density at radius 3 is 2.78 bits per heavy atom. The molecule has 6 rings (SSSR count). The van der Waals surface area contributed by atoms with Gasteiger partial charge in [-0.3, -0.25) is 9.59 Å². The van der Waals surface area contributed by atoms with E-state index in [4.69, 9.17) is 10.00 Å². The highest BCUT2D eigenvalue weighted by Crippen LogP contribution is 2.65. The van der Waals surface area contributed by atoms with E-state index in [0.717, 1.165) is 23.3 Å². The fourth-order valence-electron chi connectivity index (χ4n) is 6.16. The fourth-order valence-corrected chi connectivity index (χ4v) is 7.34. The zero-order valence-electron chi connectivity index (χ0n) is 15.2. The van der Waals surface area contributed by atoms with Crippen LogP contribution in [0.25, 0.3) is 0 Å². The number of nitriles is 1. The zero-order valence-corrected chi connectivity index (χ0v) is 16.0. The molecule has 1 aliphatic heterocycles. The Hall–Kier alpha value is -1.91. The van der Waals surface area contributed by atoms with Crippen LogP contribution in [-0.2, 0) is 22.6 Å². The minimum atomic E-state index is -0.277. The number of fused-ring (bicyclic) bond motifs is 1. The number of nitrogens with zero attached hydrogens (tertiary/aromatic N) is 1. The third kappa shape index (κ3) is 2.61. The van der Waals surface area contributed by atoms with Crippen LogP contribution in [0.15, 0.2) is 0 Å². The maximum atomic E-state index is 13.4. The van der Waals surface area contributed by atoms with E-state index >= 15 is 0 Å². The van der Waals surface area contributed by atoms with Crippen LogP contribution in [0.5, 0.6) is 0 Å². The summed E-state index contributed by atoms with van der Waals surface area (Å²) in [5.74, 6) is 1.75. The van der Waals surface area contributed by atoms with Crippen molar-refractivity contribution in [2.24, 2.45) is 23.2 Å². The van der Waals surface area contributed by atoms with Crippen molar-refractivity contribution in [1.29, 1.82) is 5.26 Å². The van der Waals surface area contributed by atoms with Gasteiger partial charge in [0.25, 0.3) is 5.91 Å². The summed E-state index contributed by atoms with van der Waals surface area (Å²) in [5.41, 5.74) is 1.28. The maximum absolute atomic E-state index is 13.4. The van der Waals surface area contributed by atoms with Gasteiger partial charge in [-0.15, -0.1) is 11.3 Å². The summed E-state index contributed by atoms with van der Waals surface area (Å²) < 4.78 is 5.53. The Kier molecular flexibility index (Phi) is 4.03. The Morgan fingerprint density at radius 2 is 2.04 bits per heavy atom. The van der Waals surface area contributed by atoms with Crippen molar-refractivity contribution in [3.8, 4) is 6.07 Å². The van der Waals surface area contributed by atoms with E-state index in [1.807, 2.05) is 6.07 Å². The normalized spacial score (nSPS) is 32.8. The molecule has 1 aromatic heterocycles. The number of ether oxygens (including phenoxy) is 1. The van der Waals surface area contributed by atoms with E-state index in [-0.39, 0.29) is 23.8 Å². The van der Waals surface area contributed by atoms with Crippen LogP contribution in [0, 0.1) is 34.5 Å². The first-order chi connectivity index (χ1) is 13.1. The number of carbonyl (C=O) groups excluding carboxylic acids is 2. The minimum absolute atomic E-state index is 0.0390. The molecule has 4 saturated carbocycles. The van der Waals surface area contributed by atoms with Gasteiger partial charge in [-0.05, 0) is 61.8 Å². The van der Waals surface area contributed by atoms with E-state index in [1.165, 1.54) is 30.6 Å². The second kappa shape index (κ2) is 6.32. The quantitative estimate of drug-likeness (QED) is 0.780. The summed E-state index contributed by atoms with van der Waals surface area (Å²) in [6, 6.07) is 1.94. The molecule has 4 fully saturated rings. The first-order valence-corrected chi connectivity index (χ1v) is 10.6. The maximum Gasteiger partial charge on any atom is 0.255 e. The van der Waals surface area contributed by atoms with E-state index < -0.39 is 0 Å². The standard InChI is InChI=1S/C20H23N3O3S/c21-2-3-22-17(24)16-14-1-4-26-10-15(14)27-18(16)23-19(25)20-8-11-5-12(9-20)7-13(20)6-11/h11-13H,1,3-10H2,(H,22,24)(H,23,25). The molecule has 27 heavy (non-hydrogen) atoms. The van der Waals surface area contributed by atoms with Gasteiger partial charge in [0.1, 0.15) is 11.5 Å². The zero-order chi connectivity index (χ0) is 18.6. The van der Waals surface area contributed by atoms with E-state index in [0.29, 0.717) is 48.0 Å². The van der Waals surface area contributed by atoms with Gasteiger partial charge in [0, 0.05) is 4.88 Å². The Balaban J connectivity index is 1.45. The van der Waals surface area contributed by atoms with Gasteiger partial charge in [0.05, 0.1) is 30.3 Å². The third-order valence-corrected chi connectivity index (χ3v) is 8.17. The third-order valence-electron chi connectivity index (χ3n) is 7.04. The highest BCUT2D eigenvalue weighted by Gasteiger charge is 2.61. The average Bonchev–Trinajstić information content (AvgIpc) is 3.23. The second-order valence-corrected chi connectivity index (χ2v) is 9.61. The Morgan fingerprint density at radius 1 is 1.26 bits per heavy atom. The molecular formula is C20H23N3O3S. The van der Waals surface area contributed by atoms with Crippen molar-refractivity contribution in [2.75, 3.05) is 18.5 Å². The largest absolute Gasteiger partial charge is 0.376 e. The molecule has 2 N–H and O–H groups in total. The molecule has 2 heterocycles. The lowest BCUT2D eigenvalue weighted by molar-refractivity contribution is -0.127. The molecule has 0 aromatic carbocycles. The minimum Gasteiger partial charge on any atom is -0.376 e. The van der Waals surface area contributed by atoms with Crippen LogP contribution in [-0.4, -0.2) is 25.0 Å². The second-order valence-electron chi connectivity index (χ2n) is 8.51. The smallest absolute Gasteiger partial charge is 0.255 e. The lowest BCUT2D eigenvalue weighted by Gasteiger charge is -2.31. The summed E-state index contributed by atoms with van der Waals surface area (Å²) in [7, 11) is 0. The number of anilines is 1. The number of hydrogen-bond donors (Lipinski definition) is 2. The first kappa shape index (κ1) is 17.2. The van der Waals surface area contributed by atoms with Crippen LogP contribution < -0.4 is 10.6 Å². The van der Waals surface area contributed by atoms with Crippen molar-refractivity contribution in [1.82, 2.24) is 5.32 Å². The van der Waals surface area contributed by atoms with Crippen LogP contribution in [0.4, 0.5) is 5.00 Å². The van der Waals surface area contributed by atoms with Gasteiger partial charge in [-0.2, -0.15) is 5.26 Å². The molecule has 0 radical (unpaired) electrons. The predicted octanol–water partition coefficient (Wildman–Crippen LogP) is 2.84. The number of carbonyl (C=O) groups is 2. The summed E-state index contributed by atoms with van der Waals surface area (Å²) in [5, 5.41) is 15.2. The fraction of sp³-hybridized carbons (Fsp3) is 0.650. The molecule has 5 aliphatic rings. The number of hydrogen-bond acceptors (Lipinski definition) is 5. The lowest BCUT2D eigenvalue weighted by Crippen LogP contribution is -2.37. The molecule has 2 amide bonds. The summed E-state index contributed by atoms with van der Waals surface area (Å²) in [6.45, 7) is 1.01. The molecule has 2 atom stereocenters. The molecule has 142 valence electrons. The van der Waals surface area contributed by atoms with Crippen molar-refractivity contribution in [2.45, 2.75) is 45.1 Å². The summed E-state index contributed by atoms with van der Waals surface area (Å²) >= 11 is 1.45. The van der Waals surface area contributed by atoms with Crippen molar-refractivity contribution in [3.05, 3.63) is 16.0 Å². The molecule has 0 spiro atoms. The van der Waals surface area contributed by atoms with Crippen molar-refractivity contribution < 1.29 is 14.3 Å². The monoisotopic (exact) mass is 385 g/mol. The predicted molar refractivity (Wildman–Crippen MR) is 100 cm³/mol. The molecule has 7 heteroatoms. The van der Waals surface area contributed by atoms with Crippen LogP contribution in [0.2, 0.25) is 0 Å². The molecule has 0 saturated heterocycles. The first-order valence-electron chi connectivity index (χ1n) is 9.79. The highest BCUT2D eigenvalue weighted by molar-refractivity contribution is 7.17. The van der Waals surface area contributed by atoms with Gasteiger partial charge in [-0.25, -0.2) is 0 Å². The molecule has 2 unspecified atom stereocenters. The lowest BCUT2D eigenvalue weighted by atomic mass is 9.75. The van der Waals surface area contributed by atoms with Gasteiger partial charge in [0.15, 0.2) is 0 Å². The molecule has 4 aliphatic carbocycles. The SMILES string of the molecule is N#CCNC(=O)c1c(NC(=O)C23CC4CC(CC2C4)C3)sc2c1CCOC2. The Bertz CT molecular complexity index is 841. The molecule has 1 aromatic rings. The molecule has 6 nitrogen and oxygen atoms in total. The number of rotatable bonds is 4. The van der Waals surface area contributed by atoms with E-state index in [2.05, 4.69) is 10.6 Å².